The standard InChI is InChI=1S/C30H48O3/c1-26(2)16-19-18(20(17-26)25(32)33)10-14-29(6)21(19)8-9-23-28(5)13-12-24(31)27(3,4)22(28)11-15-30(23,29)7/h8,18-20,22-24,31H,9-17H2,1-7H3,(H,32,33)/t18?,19?,20-,22?,23?,24?,28?,29?,30?/m1/s1. The highest BCUT2D eigenvalue weighted by Crippen LogP contribution is 2.74. The van der Waals surface area contributed by atoms with Crippen LogP contribution in [0.25, 0.3) is 0 Å². The van der Waals surface area contributed by atoms with Gasteiger partial charge < -0.3 is 10.2 Å². The molecule has 0 bridgehead atoms. The predicted molar refractivity (Wildman–Crippen MR) is 133 cm³/mol. The molecule has 4 fully saturated rings. The number of hydrogen-bond donors (Lipinski definition) is 2. The lowest BCUT2D eigenvalue weighted by atomic mass is 9.34. The number of aliphatic hydroxyl groups is 1. The first-order valence-corrected chi connectivity index (χ1v) is 13.8. The van der Waals surface area contributed by atoms with E-state index in [9.17, 15) is 15.0 Å². The minimum Gasteiger partial charge on any atom is -0.481 e. The molecule has 5 aliphatic carbocycles. The first-order valence-electron chi connectivity index (χ1n) is 13.8. The maximum atomic E-state index is 12.3. The summed E-state index contributed by atoms with van der Waals surface area (Å²) >= 11 is 0. The molecule has 4 saturated carbocycles. The van der Waals surface area contributed by atoms with E-state index in [-0.39, 0.29) is 39.1 Å². The number of fused-ring (bicyclic) bond motifs is 7. The fourth-order valence-electron chi connectivity index (χ4n) is 10.8. The number of aliphatic hydroxyl groups excluding tert-OH is 1. The zero-order chi connectivity index (χ0) is 24.2. The highest BCUT2D eigenvalue weighted by atomic mass is 16.4. The lowest BCUT2D eigenvalue weighted by Gasteiger charge is -2.70. The van der Waals surface area contributed by atoms with E-state index >= 15 is 0 Å². The zero-order valence-electron chi connectivity index (χ0n) is 22.2. The van der Waals surface area contributed by atoms with Gasteiger partial charge in [0.15, 0.2) is 0 Å². The van der Waals surface area contributed by atoms with Crippen LogP contribution in [0.4, 0.5) is 0 Å². The Labute approximate surface area is 201 Å². The Kier molecular flexibility index (Phi) is 5.15. The third kappa shape index (κ3) is 3.06. The molecule has 0 amide bonds. The molecule has 3 nitrogen and oxygen atoms in total. The van der Waals surface area contributed by atoms with Crippen LogP contribution in [0.1, 0.15) is 106 Å². The number of allylic oxidation sites excluding steroid dienone is 2. The van der Waals surface area contributed by atoms with Crippen molar-refractivity contribution in [3.63, 3.8) is 0 Å². The molecule has 33 heavy (non-hydrogen) atoms. The van der Waals surface area contributed by atoms with Gasteiger partial charge in [0.1, 0.15) is 0 Å². The predicted octanol–water partition coefficient (Wildman–Crippen LogP) is 7.09. The van der Waals surface area contributed by atoms with Crippen LogP contribution in [0.15, 0.2) is 11.6 Å². The number of carboxylic acid groups (broad SMARTS) is 1. The van der Waals surface area contributed by atoms with E-state index in [0.717, 1.165) is 44.9 Å². The third-order valence-corrected chi connectivity index (χ3v) is 12.8. The van der Waals surface area contributed by atoms with Gasteiger partial charge in [0, 0.05) is 0 Å². The fraction of sp³-hybridized carbons (Fsp3) is 0.900. The molecule has 0 saturated heterocycles. The second-order valence-electron chi connectivity index (χ2n) is 15.0. The van der Waals surface area contributed by atoms with Gasteiger partial charge in [-0.2, -0.15) is 0 Å². The Morgan fingerprint density at radius 2 is 1.61 bits per heavy atom. The van der Waals surface area contributed by atoms with Gasteiger partial charge in [0.25, 0.3) is 0 Å². The normalized spacial score (nSPS) is 52.4. The molecule has 8 unspecified atom stereocenters. The van der Waals surface area contributed by atoms with Gasteiger partial charge in [-0.3, -0.25) is 4.79 Å². The Bertz CT molecular complexity index is 870. The maximum Gasteiger partial charge on any atom is 0.306 e. The molecule has 0 aliphatic heterocycles. The van der Waals surface area contributed by atoms with E-state index in [2.05, 4.69) is 54.5 Å². The summed E-state index contributed by atoms with van der Waals surface area (Å²) < 4.78 is 0. The molecule has 9 atom stereocenters. The molecular formula is C30H48O3. The van der Waals surface area contributed by atoms with E-state index in [1.54, 1.807) is 5.57 Å². The van der Waals surface area contributed by atoms with Gasteiger partial charge in [0.2, 0.25) is 0 Å². The van der Waals surface area contributed by atoms with Crippen molar-refractivity contribution in [3.05, 3.63) is 11.6 Å². The largest absolute Gasteiger partial charge is 0.481 e. The van der Waals surface area contributed by atoms with Crippen LogP contribution in [0, 0.1) is 56.7 Å². The molecule has 5 aliphatic rings. The van der Waals surface area contributed by atoms with Gasteiger partial charge in [0.05, 0.1) is 12.0 Å². The third-order valence-electron chi connectivity index (χ3n) is 12.8. The van der Waals surface area contributed by atoms with Crippen molar-refractivity contribution in [2.24, 2.45) is 56.7 Å². The molecule has 0 spiro atoms. The molecule has 5 rings (SSSR count). The molecule has 2 N–H and O–H groups in total. The lowest BCUT2D eigenvalue weighted by molar-refractivity contribution is -0.201. The Hall–Kier alpha value is -0.830. The van der Waals surface area contributed by atoms with Crippen molar-refractivity contribution in [2.45, 2.75) is 112 Å². The van der Waals surface area contributed by atoms with Crippen LogP contribution in [-0.4, -0.2) is 22.3 Å². The summed E-state index contributed by atoms with van der Waals surface area (Å²) in [7, 11) is 0. The average Bonchev–Trinajstić information content (AvgIpc) is 2.70. The van der Waals surface area contributed by atoms with Crippen molar-refractivity contribution in [2.75, 3.05) is 0 Å². The Morgan fingerprint density at radius 3 is 2.27 bits per heavy atom. The summed E-state index contributed by atoms with van der Waals surface area (Å²) in [5, 5.41) is 21.0. The molecule has 186 valence electrons. The average molecular weight is 457 g/mol. The number of aliphatic carboxylic acids is 1. The van der Waals surface area contributed by atoms with E-state index in [0.29, 0.717) is 23.7 Å². The van der Waals surface area contributed by atoms with Crippen LogP contribution in [-0.2, 0) is 4.79 Å². The summed E-state index contributed by atoms with van der Waals surface area (Å²) in [6.45, 7) is 16.9. The van der Waals surface area contributed by atoms with Crippen LogP contribution in [0.2, 0.25) is 0 Å². The van der Waals surface area contributed by atoms with E-state index in [4.69, 9.17) is 0 Å². The van der Waals surface area contributed by atoms with Gasteiger partial charge >= 0.3 is 5.97 Å². The smallest absolute Gasteiger partial charge is 0.306 e. The Balaban J connectivity index is 1.56. The van der Waals surface area contributed by atoms with Gasteiger partial charge in [-0.25, -0.2) is 0 Å². The first-order chi connectivity index (χ1) is 15.2. The van der Waals surface area contributed by atoms with Crippen LogP contribution < -0.4 is 0 Å². The number of hydrogen-bond acceptors (Lipinski definition) is 2. The van der Waals surface area contributed by atoms with Crippen molar-refractivity contribution in [1.29, 1.82) is 0 Å². The number of carboxylic acids is 1. The summed E-state index contributed by atoms with van der Waals surface area (Å²) in [6, 6.07) is 0. The summed E-state index contributed by atoms with van der Waals surface area (Å²) in [4.78, 5) is 12.3. The van der Waals surface area contributed by atoms with E-state index in [1.165, 1.54) is 12.8 Å². The summed E-state index contributed by atoms with van der Waals surface area (Å²) in [5.41, 5.74) is 2.40. The second-order valence-corrected chi connectivity index (χ2v) is 15.0. The Morgan fingerprint density at radius 1 is 0.909 bits per heavy atom. The minimum atomic E-state index is -0.571. The molecular weight excluding hydrogens is 408 g/mol. The van der Waals surface area contributed by atoms with Crippen LogP contribution in [0.5, 0.6) is 0 Å². The first kappa shape index (κ1) is 23.9. The quantitative estimate of drug-likeness (QED) is 0.414. The van der Waals surface area contributed by atoms with Gasteiger partial charge in [-0.05, 0) is 109 Å². The summed E-state index contributed by atoms with van der Waals surface area (Å²) in [6.07, 6.45) is 12.3. The summed E-state index contributed by atoms with van der Waals surface area (Å²) in [5.74, 6) is 1.20. The topological polar surface area (TPSA) is 57.5 Å². The maximum absolute atomic E-state index is 12.3. The number of rotatable bonds is 1. The van der Waals surface area contributed by atoms with Crippen LogP contribution in [0.3, 0.4) is 0 Å². The SMILES string of the molecule is CC1(C)CC2C3=CCC4C5(C)CCC(O)C(C)(C)C5CCC4(C)C3(C)CCC2[C@H](C(=O)O)C1. The van der Waals surface area contributed by atoms with E-state index in [1.807, 2.05) is 0 Å². The molecule has 0 heterocycles. The molecule has 0 radical (unpaired) electrons. The molecule has 0 aromatic heterocycles. The van der Waals surface area contributed by atoms with Crippen LogP contribution >= 0.6 is 0 Å². The van der Waals surface area contributed by atoms with Gasteiger partial charge in [-0.1, -0.05) is 60.1 Å². The molecule has 3 heteroatoms. The fourth-order valence-corrected chi connectivity index (χ4v) is 10.8. The van der Waals surface area contributed by atoms with Crippen molar-refractivity contribution < 1.29 is 15.0 Å². The van der Waals surface area contributed by atoms with Crippen molar-refractivity contribution in [1.82, 2.24) is 0 Å². The monoisotopic (exact) mass is 456 g/mol. The second kappa shape index (κ2) is 7.11. The molecule has 0 aromatic carbocycles. The van der Waals surface area contributed by atoms with Crippen molar-refractivity contribution >= 4 is 5.97 Å². The highest BCUT2D eigenvalue weighted by molar-refractivity contribution is 5.71. The minimum absolute atomic E-state index is 0.0149. The molecule has 0 aromatic rings. The van der Waals surface area contributed by atoms with Gasteiger partial charge in [-0.15, -0.1) is 0 Å². The highest BCUT2D eigenvalue weighted by Gasteiger charge is 2.67. The number of carbonyl (C=O) groups is 1. The zero-order valence-corrected chi connectivity index (χ0v) is 22.2. The van der Waals surface area contributed by atoms with Crippen molar-refractivity contribution in [3.8, 4) is 0 Å². The lowest BCUT2D eigenvalue weighted by Crippen LogP contribution is -2.64. The van der Waals surface area contributed by atoms with E-state index < -0.39 is 5.97 Å².